The summed E-state index contributed by atoms with van der Waals surface area (Å²) < 4.78 is 1.60. The van der Waals surface area contributed by atoms with Gasteiger partial charge in [-0.05, 0) is 19.4 Å². The smallest absolute Gasteiger partial charge is 0.339 e. The van der Waals surface area contributed by atoms with E-state index in [0.29, 0.717) is 12.2 Å². The maximum Gasteiger partial charge on any atom is 0.339 e. The van der Waals surface area contributed by atoms with Crippen molar-refractivity contribution in [3.8, 4) is 0 Å². The van der Waals surface area contributed by atoms with Crippen LogP contribution in [-0.2, 0) is 13.6 Å². The number of aryl methyl sites for hydroxylation is 2. The van der Waals surface area contributed by atoms with Gasteiger partial charge in [-0.2, -0.15) is 5.10 Å². The van der Waals surface area contributed by atoms with Crippen LogP contribution in [0.3, 0.4) is 0 Å². The van der Waals surface area contributed by atoms with Gasteiger partial charge < -0.3 is 10.4 Å². The van der Waals surface area contributed by atoms with Gasteiger partial charge in [0.05, 0.1) is 11.9 Å². The Morgan fingerprint density at radius 1 is 1.40 bits per heavy atom. The van der Waals surface area contributed by atoms with E-state index in [2.05, 4.69) is 48.5 Å². The van der Waals surface area contributed by atoms with E-state index in [1.807, 2.05) is 0 Å². The number of carboxylic acids is 1. The molecule has 1 aromatic heterocycles. The number of hydrogen-bond donors (Lipinski definition) is 2. The van der Waals surface area contributed by atoms with Crippen molar-refractivity contribution in [3.63, 3.8) is 0 Å². The van der Waals surface area contributed by atoms with Crippen molar-refractivity contribution in [3.05, 3.63) is 52.8 Å². The predicted molar refractivity (Wildman–Crippen MR) is 76.6 cm³/mol. The summed E-state index contributed by atoms with van der Waals surface area (Å²) in [4.78, 5) is 11.1. The molecule has 0 amide bonds. The summed E-state index contributed by atoms with van der Waals surface area (Å²) in [5.41, 5.74) is 3.32. The minimum Gasteiger partial charge on any atom is -0.478 e. The molecular formula is C15H19N3O2. The van der Waals surface area contributed by atoms with Gasteiger partial charge in [0, 0.05) is 19.6 Å². The first-order chi connectivity index (χ1) is 9.49. The quantitative estimate of drug-likeness (QED) is 0.877. The third-order valence-corrected chi connectivity index (χ3v) is 3.45. The highest BCUT2D eigenvalue weighted by molar-refractivity contribution is 5.88. The van der Waals surface area contributed by atoms with E-state index in [4.69, 9.17) is 5.11 Å². The fraction of sp³-hybridized carbons (Fsp3) is 0.333. The summed E-state index contributed by atoms with van der Waals surface area (Å²) in [6, 6.07) is 8.44. The summed E-state index contributed by atoms with van der Waals surface area (Å²) in [6.45, 7) is 4.57. The summed E-state index contributed by atoms with van der Waals surface area (Å²) in [7, 11) is 1.75. The van der Waals surface area contributed by atoms with Gasteiger partial charge in [0.2, 0.25) is 0 Å². The molecule has 1 heterocycles. The van der Waals surface area contributed by atoms with Crippen molar-refractivity contribution in [1.82, 2.24) is 15.1 Å². The number of nitrogens with zero attached hydrogens (tertiary/aromatic N) is 2. The molecule has 0 saturated carbocycles. The minimum absolute atomic E-state index is 0.146. The van der Waals surface area contributed by atoms with E-state index in [9.17, 15) is 4.79 Å². The van der Waals surface area contributed by atoms with Crippen LogP contribution in [0.15, 0.2) is 30.5 Å². The molecule has 2 rings (SSSR count). The molecule has 0 aliphatic carbocycles. The molecule has 1 atom stereocenters. The largest absolute Gasteiger partial charge is 0.478 e. The lowest BCUT2D eigenvalue weighted by atomic mass is 10.1. The van der Waals surface area contributed by atoms with E-state index < -0.39 is 5.97 Å². The topological polar surface area (TPSA) is 67.2 Å². The first kappa shape index (κ1) is 14.3. The third kappa shape index (κ3) is 3.05. The summed E-state index contributed by atoms with van der Waals surface area (Å²) >= 11 is 0. The van der Waals surface area contributed by atoms with Gasteiger partial charge in [0.1, 0.15) is 5.56 Å². The van der Waals surface area contributed by atoms with Crippen LogP contribution in [0.4, 0.5) is 0 Å². The number of benzene rings is 1. The Balaban J connectivity index is 2.07. The number of hydrogen-bond acceptors (Lipinski definition) is 3. The van der Waals surface area contributed by atoms with Gasteiger partial charge in [-0.25, -0.2) is 4.79 Å². The van der Waals surface area contributed by atoms with E-state index in [0.717, 1.165) is 0 Å². The van der Waals surface area contributed by atoms with Gasteiger partial charge in [-0.3, -0.25) is 4.68 Å². The molecule has 0 radical (unpaired) electrons. The van der Waals surface area contributed by atoms with Crippen molar-refractivity contribution >= 4 is 5.97 Å². The lowest BCUT2D eigenvalue weighted by Gasteiger charge is -2.15. The number of nitrogens with one attached hydrogen (secondary N) is 1. The first-order valence-electron chi connectivity index (χ1n) is 6.53. The second kappa shape index (κ2) is 5.88. The lowest BCUT2D eigenvalue weighted by Crippen LogP contribution is -2.21. The van der Waals surface area contributed by atoms with Crippen LogP contribution in [0, 0.1) is 6.92 Å². The molecule has 106 valence electrons. The Labute approximate surface area is 118 Å². The Morgan fingerprint density at radius 2 is 2.05 bits per heavy atom. The molecule has 1 aromatic carbocycles. The van der Waals surface area contributed by atoms with Crippen LogP contribution in [0.1, 0.15) is 40.1 Å². The Morgan fingerprint density at radius 3 is 2.65 bits per heavy atom. The van der Waals surface area contributed by atoms with Crippen molar-refractivity contribution < 1.29 is 9.90 Å². The van der Waals surface area contributed by atoms with Crippen LogP contribution < -0.4 is 5.32 Å². The van der Waals surface area contributed by atoms with Crippen LogP contribution in [0.2, 0.25) is 0 Å². The van der Waals surface area contributed by atoms with Crippen molar-refractivity contribution in [1.29, 1.82) is 0 Å². The molecule has 2 aromatic rings. The number of rotatable bonds is 5. The fourth-order valence-electron chi connectivity index (χ4n) is 2.07. The molecule has 0 saturated heterocycles. The van der Waals surface area contributed by atoms with Gasteiger partial charge in [-0.1, -0.05) is 29.8 Å². The monoisotopic (exact) mass is 273 g/mol. The highest BCUT2D eigenvalue weighted by Crippen LogP contribution is 2.15. The van der Waals surface area contributed by atoms with E-state index >= 15 is 0 Å². The molecule has 0 aliphatic heterocycles. The zero-order chi connectivity index (χ0) is 14.7. The zero-order valence-corrected chi connectivity index (χ0v) is 11.9. The summed E-state index contributed by atoms with van der Waals surface area (Å²) in [5, 5.41) is 16.4. The zero-order valence-electron chi connectivity index (χ0n) is 11.9. The highest BCUT2D eigenvalue weighted by atomic mass is 16.4. The average molecular weight is 273 g/mol. The molecule has 0 aliphatic rings. The summed E-state index contributed by atoms with van der Waals surface area (Å²) in [6.07, 6.45) is 1.38. The maximum atomic E-state index is 11.1. The molecule has 5 nitrogen and oxygen atoms in total. The molecular weight excluding hydrogens is 254 g/mol. The average Bonchev–Trinajstić information content (AvgIpc) is 2.78. The maximum absolute atomic E-state index is 11.1. The molecule has 2 N–H and O–H groups in total. The van der Waals surface area contributed by atoms with Gasteiger partial charge in [-0.15, -0.1) is 0 Å². The highest BCUT2D eigenvalue weighted by Gasteiger charge is 2.15. The number of carboxylic acid groups (broad SMARTS) is 1. The molecule has 1 unspecified atom stereocenters. The van der Waals surface area contributed by atoms with Crippen molar-refractivity contribution in [2.45, 2.75) is 26.4 Å². The molecule has 5 heteroatoms. The molecule has 20 heavy (non-hydrogen) atoms. The lowest BCUT2D eigenvalue weighted by molar-refractivity contribution is 0.0695. The van der Waals surface area contributed by atoms with E-state index in [1.54, 1.807) is 11.7 Å². The van der Waals surface area contributed by atoms with Gasteiger partial charge in [0.15, 0.2) is 0 Å². The molecule has 0 fully saturated rings. The summed E-state index contributed by atoms with van der Waals surface area (Å²) in [5.74, 6) is -0.946. The number of carbonyl (C=O) groups is 1. The van der Waals surface area contributed by atoms with Crippen LogP contribution in [-0.4, -0.2) is 20.9 Å². The van der Waals surface area contributed by atoms with Crippen LogP contribution >= 0.6 is 0 Å². The fourth-order valence-corrected chi connectivity index (χ4v) is 2.07. The normalized spacial score (nSPS) is 12.3. The Bertz CT molecular complexity index is 602. The van der Waals surface area contributed by atoms with E-state index in [1.165, 1.54) is 17.3 Å². The Hall–Kier alpha value is -2.14. The second-order valence-electron chi connectivity index (χ2n) is 4.95. The molecule has 0 spiro atoms. The second-order valence-corrected chi connectivity index (χ2v) is 4.95. The van der Waals surface area contributed by atoms with Crippen molar-refractivity contribution in [2.24, 2.45) is 7.05 Å². The SMILES string of the molecule is Cc1ccc(C(C)NCc2c(C(=O)O)cnn2C)cc1. The third-order valence-electron chi connectivity index (χ3n) is 3.45. The molecule has 0 bridgehead atoms. The number of aromatic carboxylic acids is 1. The Kier molecular flexibility index (Phi) is 4.20. The van der Waals surface area contributed by atoms with Gasteiger partial charge in [0.25, 0.3) is 0 Å². The standard InChI is InChI=1S/C15H19N3O2/c1-10-4-6-12(7-5-10)11(2)16-9-14-13(15(19)20)8-17-18(14)3/h4-8,11,16H,9H2,1-3H3,(H,19,20). The van der Waals surface area contributed by atoms with Crippen LogP contribution in [0.5, 0.6) is 0 Å². The van der Waals surface area contributed by atoms with Crippen molar-refractivity contribution in [2.75, 3.05) is 0 Å². The predicted octanol–water partition coefficient (Wildman–Crippen LogP) is 2.28. The minimum atomic E-state index is -0.946. The van der Waals surface area contributed by atoms with Gasteiger partial charge >= 0.3 is 5.97 Å². The van der Waals surface area contributed by atoms with E-state index in [-0.39, 0.29) is 11.6 Å². The first-order valence-corrected chi connectivity index (χ1v) is 6.53. The number of aromatic nitrogens is 2. The van der Waals surface area contributed by atoms with Crippen LogP contribution in [0.25, 0.3) is 0 Å².